The molecule has 0 unspecified atom stereocenters. The minimum absolute atomic E-state index is 0.0786. The van der Waals surface area contributed by atoms with E-state index in [1.54, 1.807) is 35.9 Å². The molecule has 2 aromatic rings. The number of carbonyl (C=O) groups is 1. The van der Waals surface area contributed by atoms with Crippen molar-refractivity contribution in [2.75, 3.05) is 12.8 Å². The number of rotatable bonds is 7. The molecule has 130 valence electrons. The van der Waals surface area contributed by atoms with E-state index in [-0.39, 0.29) is 5.91 Å². The number of amides is 1. The van der Waals surface area contributed by atoms with Crippen LogP contribution in [0.15, 0.2) is 17.6 Å². The SMILES string of the molecule is CSc1nnc(CCCNC(=O)c2cnn(C)c2)n1C1CCCC1. The van der Waals surface area contributed by atoms with Crippen LogP contribution in [0.4, 0.5) is 0 Å². The van der Waals surface area contributed by atoms with Crippen molar-refractivity contribution in [3.63, 3.8) is 0 Å². The standard InChI is InChI=1S/C16H24N6OS/c1-21-11-12(10-18-21)15(23)17-9-5-8-14-19-20-16(24-2)22(14)13-6-3-4-7-13/h10-11,13H,3-9H2,1-2H3,(H,17,23). The van der Waals surface area contributed by atoms with Crippen LogP contribution in [0.5, 0.6) is 0 Å². The Labute approximate surface area is 146 Å². The molecule has 0 saturated heterocycles. The molecule has 1 aliphatic rings. The van der Waals surface area contributed by atoms with Gasteiger partial charge in [0.05, 0.1) is 11.8 Å². The van der Waals surface area contributed by atoms with Crippen LogP contribution in [-0.2, 0) is 13.5 Å². The Hall–Kier alpha value is -1.83. The molecule has 0 radical (unpaired) electrons. The molecule has 2 aromatic heterocycles. The molecule has 8 heteroatoms. The Morgan fingerprint density at radius 2 is 2.17 bits per heavy atom. The summed E-state index contributed by atoms with van der Waals surface area (Å²) < 4.78 is 3.95. The topological polar surface area (TPSA) is 77.6 Å². The van der Waals surface area contributed by atoms with E-state index < -0.39 is 0 Å². The maximum atomic E-state index is 12.0. The fourth-order valence-corrected chi connectivity index (χ4v) is 3.81. The van der Waals surface area contributed by atoms with Gasteiger partial charge in [-0.25, -0.2) is 0 Å². The van der Waals surface area contributed by atoms with Crippen LogP contribution < -0.4 is 5.32 Å². The number of nitrogens with one attached hydrogen (secondary N) is 1. The van der Waals surface area contributed by atoms with Crippen molar-refractivity contribution < 1.29 is 4.79 Å². The molecule has 24 heavy (non-hydrogen) atoms. The predicted molar refractivity (Wildman–Crippen MR) is 93.2 cm³/mol. The average molecular weight is 348 g/mol. The first-order chi connectivity index (χ1) is 11.7. The van der Waals surface area contributed by atoms with E-state index in [0.29, 0.717) is 18.2 Å². The molecule has 0 spiro atoms. The van der Waals surface area contributed by atoms with Crippen LogP contribution in [0.2, 0.25) is 0 Å². The highest BCUT2D eigenvalue weighted by Crippen LogP contribution is 2.33. The molecule has 0 atom stereocenters. The van der Waals surface area contributed by atoms with Gasteiger partial charge in [-0.1, -0.05) is 24.6 Å². The first kappa shape index (κ1) is 17.0. The summed E-state index contributed by atoms with van der Waals surface area (Å²) in [5, 5.41) is 16.7. The van der Waals surface area contributed by atoms with Crippen molar-refractivity contribution in [3.8, 4) is 0 Å². The van der Waals surface area contributed by atoms with Crippen LogP contribution in [0, 0.1) is 0 Å². The Morgan fingerprint density at radius 1 is 1.38 bits per heavy atom. The number of carbonyl (C=O) groups excluding carboxylic acids is 1. The van der Waals surface area contributed by atoms with E-state index in [0.717, 1.165) is 23.8 Å². The summed E-state index contributed by atoms with van der Waals surface area (Å²) in [4.78, 5) is 12.0. The van der Waals surface area contributed by atoms with Gasteiger partial charge < -0.3 is 9.88 Å². The van der Waals surface area contributed by atoms with Gasteiger partial charge >= 0.3 is 0 Å². The molecule has 1 N–H and O–H groups in total. The lowest BCUT2D eigenvalue weighted by Crippen LogP contribution is -2.24. The zero-order valence-corrected chi connectivity index (χ0v) is 15.1. The molecule has 0 aliphatic heterocycles. The fraction of sp³-hybridized carbons (Fsp3) is 0.625. The molecule has 1 fully saturated rings. The van der Waals surface area contributed by atoms with Crippen molar-refractivity contribution in [2.24, 2.45) is 7.05 Å². The van der Waals surface area contributed by atoms with E-state index in [1.807, 2.05) is 6.26 Å². The summed E-state index contributed by atoms with van der Waals surface area (Å²) in [7, 11) is 1.80. The van der Waals surface area contributed by atoms with Crippen molar-refractivity contribution in [2.45, 2.75) is 49.7 Å². The zero-order valence-electron chi connectivity index (χ0n) is 14.2. The minimum Gasteiger partial charge on any atom is -0.352 e. The van der Waals surface area contributed by atoms with Gasteiger partial charge in [-0.15, -0.1) is 10.2 Å². The third-order valence-corrected chi connectivity index (χ3v) is 5.08. The highest BCUT2D eigenvalue weighted by atomic mass is 32.2. The highest BCUT2D eigenvalue weighted by Gasteiger charge is 2.23. The Balaban J connectivity index is 1.53. The molecular formula is C16H24N6OS. The van der Waals surface area contributed by atoms with Crippen molar-refractivity contribution >= 4 is 17.7 Å². The third kappa shape index (κ3) is 3.80. The number of thioether (sulfide) groups is 1. The third-order valence-electron chi connectivity index (χ3n) is 4.44. The summed E-state index contributed by atoms with van der Waals surface area (Å²) in [6.07, 6.45) is 12.0. The van der Waals surface area contributed by atoms with Crippen LogP contribution in [-0.4, -0.2) is 43.3 Å². The minimum atomic E-state index is -0.0786. The Kier molecular flexibility index (Phi) is 5.55. The average Bonchev–Trinajstić information content (AvgIpc) is 3.30. The second kappa shape index (κ2) is 7.83. The lowest BCUT2D eigenvalue weighted by Gasteiger charge is -2.16. The van der Waals surface area contributed by atoms with Gasteiger partial charge in [-0.2, -0.15) is 5.10 Å². The van der Waals surface area contributed by atoms with E-state index in [2.05, 4.69) is 25.2 Å². The summed E-state index contributed by atoms with van der Waals surface area (Å²) in [6, 6.07) is 0.544. The first-order valence-corrected chi connectivity index (χ1v) is 9.66. The number of hydrogen-bond acceptors (Lipinski definition) is 5. The molecule has 1 aliphatic carbocycles. The van der Waals surface area contributed by atoms with E-state index in [1.165, 1.54) is 25.7 Å². The lowest BCUT2D eigenvalue weighted by molar-refractivity contribution is 0.0953. The second-order valence-corrected chi connectivity index (χ2v) is 6.95. The summed E-state index contributed by atoms with van der Waals surface area (Å²) in [5.41, 5.74) is 0.594. The highest BCUT2D eigenvalue weighted by molar-refractivity contribution is 7.98. The van der Waals surface area contributed by atoms with Gasteiger partial charge in [0.1, 0.15) is 5.82 Å². The first-order valence-electron chi connectivity index (χ1n) is 8.43. The van der Waals surface area contributed by atoms with Crippen LogP contribution >= 0.6 is 11.8 Å². The zero-order chi connectivity index (χ0) is 16.9. The van der Waals surface area contributed by atoms with Crippen molar-refractivity contribution in [1.29, 1.82) is 0 Å². The second-order valence-electron chi connectivity index (χ2n) is 6.17. The molecule has 1 saturated carbocycles. The molecule has 1 amide bonds. The van der Waals surface area contributed by atoms with Crippen LogP contribution in [0.3, 0.4) is 0 Å². The monoisotopic (exact) mass is 348 g/mol. The predicted octanol–water partition coefficient (Wildman–Crippen LogP) is 2.21. The Morgan fingerprint density at radius 3 is 2.83 bits per heavy atom. The smallest absolute Gasteiger partial charge is 0.254 e. The van der Waals surface area contributed by atoms with E-state index in [9.17, 15) is 4.79 Å². The summed E-state index contributed by atoms with van der Waals surface area (Å²) in [6.45, 7) is 0.625. The maximum Gasteiger partial charge on any atom is 0.254 e. The summed E-state index contributed by atoms with van der Waals surface area (Å²) in [5.74, 6) is 0.965. The van der Waals surface area contributed by atoms with Crippen molar-refractivity contribution in [1.82, 2.24) is 29.9 Å². The number of hydrogen-bond donors (Lipinski definition) is 1. The normalized spacial score (nSPS) is 15.1. The van der Waals surface area contributed by atoms with Gasteiger partial charge in [-0.05, 0) is 25.5 Å². The van der Waals surface area contributed by atoms with Gasteiger partial charge in [0.15, 0.2) is 5.16 Å². The molecule has 2 heterocycles. The molecule has 3 rings (SSSR count). The largest absolute Gasteiger partial charge is 0.352 e. The van der Waals surface area contributed by atoms with Gasteiger partial charge in [-0.3, -0.25) is 9.48 Å². The Bertz CT molecular complexity index is 689. The van der Waals surface area contributed by atoms with Gasteiger partial charge in [0, 0.05) is 32.3 Å². The van der Waals surface area contributed by atoms with E-state index in [4.69, 9.17) is 0 Å². The van der Waals surface area contributed by atoms with Crippen LogP contribution in [0.25, 0.3) is 0 Å². The lowest BCUT2D eigenvalue weighted by atomic mass is 10.2. The van der Waals surface area contributed by atoms with Gasteiger partial charge in [0.25, 0.3) is 5.91 Å². The maximum absolute atomic E-state index is 12.0. The quantitative estimate of drug-likeness (QED) is 0.613. The van der Waals surface area contributed by atoms with Crippen LogP contribution in [0.1, 0.15) is 54.3 Å². The van der Waals surface area contributed by atoms with Crippen molar-refractivity contribution in [3.05, 3.63) is 23.8 Å². The molecule has 7 nitrogen and oxygen atoms in total. The molecular weight excluding hydrogens is 324 g/mol. The number of nitrogens with zero attached hydrogens (tertiary/aromatic N) is 5. The number of aromatic nitrogens is 5. The van der Waals surface area contributed by atoms with E-state index >= 15 is 0 Å². The fourth-order valence-electron chi connectivity index (χ4n) is 3.24. The van der Waals surface area contributed by atoms with Gasteiger partial charge in [0.2, 0.25) is 0 Å². The molecule has 0 aromatic carbocycles. The summed E-state index contributed by atoms with van der Waals surface area (Å²) >= 11 is 1.66. The molecule has 0 bridgehead atoms. The number of aryl methyl sites for hydroxylation is 2.